The van der Waals surface area contributed by atoms with Crippen molar-refractivity contribution in [3.8, 4) is 17.2 Å². The van der Waals surface area contributed by atoms with Crippen molar-refractivity contribution < 1.29 is 19.0 Å². The standard InChI is InChI=1S/C12H16N2O4/c1-5-13-14-12(15)8-6-9(16-2)11(18-4)10(7-8)17-3/h5-7H,1-4H3,(H,14,15)/b13-5+. The molecule has 0 atom stereocenters. The Hall–Kier alpha value is -2.24. The zero-order valence-electron chi connectivity index (χ0n) is 10.8. The first-order chi connectivity index (χ1) is 8.67. The molecule has 0 unspecified atom stereocenters. The first-order valence-corrected chi connectivity index (χ1v) is 5.26. The van der Waals surface area contributed by atoms with Gasteiger partial charge in [0.25, 0.3) is 5.91 Å². The molecule has 0 radical (unpaired) electrons. The lowest BCUT2D eigenvalue weighted by molar-refractivity contribution is 0.0954. The van der Waals surface area contributed by atoms with Crippen molar-refractivity contribution in [1.29, 1.82) is 0 Å². The molecule has 1 rings (SSSR count). The summed E-state index contributed by atoms with van der Waals surface area (Å²) in [5.74, 6) is 0.924. The fourth-order valence-electron chi connectivity index (χ4n) is 1.40. The number of benzene rings is 1. The van der Waals surface area contributed by atoms with E-state index >= 15 is 0 Å². The number of amides is 1. The highest BCUT2D eigenvalue weighted by Crippen LogP contribution is 2.38. The third-order valence-electron chi connectivity index (χ3n) is 2.22. The summed E-state index contributed by atoms with van der Waals surface area (Å²) < 4.78 is 15.5. The molecule has 6 heteroatoms. The summed E-state index contributed by atoms with van der Waals surface area (Å²) in [6, 6.07) is 3.11. The Labute approximate surface area is 106 Å². The van der Waals surface area contributed by atoms with Crippen molar-refractivity contribution in [2.75, 3.05) is 21.3 Å². The molecule has 1 amide bonds. The average Bonchev–Trinajstić information content (AvgIpc) is 2.42. The summed E-state index contributed by atoms with van der Waals surface area (Å²) >= 11 is 0. The van der Waals surface area contributed by atoms with Crippen LogP contribution in [0.15, 0.2) is 17.2 Å². The quantitative estimate of drug-likeness (QED) is 0.636. The summed E-state index contributed by atoms with van der Waals surface area (Å²) in [4.78, 5) is 11.8. The minimum atomic E-state index is -0.354. The lowest BCUT2D eigenvalue weighted by Crippen LogP contribution is -2.17. The van der Waals surface area contributed by atoms with Gasteiger partial charge in [0.15, 0.2) is 11.5 Å². The lowest BCUT2D eigenvalue weighted by Gasteiger charge is -2.13. The van der Waals surface area contributed by atoms with Gasteiger partial charge >= 0.3 is 0 Å². The summed E-state index contributed by atoms with van der Waals surface area (Å²) in [5, 5.41) is 3.66. The summed E-state index contributed by atoms with van der Waals surface area (Å²) in [6.07, 6.45) is 1.48. The normalized spacial score (nSPS) is 10.2. The second-order valence-corrected chi connectivity index (χ2v) is 3.24. The molecule has 18 heavy (non-hydrogen) atoms. The van der Waals surface area contributed by atoms with E-state index in [2.05, 4.69) is 10.5 Å². The molecule has 0 saturated carbocycles. The number of carbonyl (C=O) groups is 1. The second kappa shape index (κ2) is 6.48. The molecule has 0 saturated heterocycles. The third-order valence-corrected chi connectivity index (χ3v) is 2.22. The smallest absolute Gasteiger partial charge is 0.271 e. The Balaban J connectivity index is 3.18. The second-order valence-electron chi connectivity index (χ2n) is 3.24. The van der Waals surface area contributed by atoms with Crippen LogP contribution in [0.5, 0.6) is 17.2 Å². The predicted octanol–water partition coefficient (Wildman–Crippen LogP) is 1.45. The first-order valence-electron chi connectivity index (χ1n) is 5.26. The van der Waals surface area contributed by atoms with E-state index in [0.717, 1.165) is 0 Å². The van der Waals surface area contributed by atoms with Gasteiger partial charge in [0.1, 0.15) is 0 Å². The van der Waals surface area contributed by atoms with Gasteiger partial charge in [-0.1, -0.05) is 0 Å². The van der Waals surface area contributed by atoms with Crippen molar-refractivity contribution in [3.63, 3.8) is 0 Å². The molecule has 0 spiro atoms. The van der Waals surface area contributed by atoms with Crippen LogP contribution in [0, 0.1) is 0 Å². The minimum Gasteiger partial charge on any atom is -0.493 e. The molecule has 0 heterocycles. The molecule has 98 valence electrons. The number of methoxy groups -OCH3 is 3. The maximum Gasteiger partial charge on any atom is 0.271 e. The van der Waals surface area contributed by atoms with Crippen LogP contribution in [0.2, 0.25) is 0 Å². The van der Waals surface area contributed by atoms with Crippen molar-refractivity contribution >= 4 is 12.1 Å². The lowest BCUT2D eigenvalue weighted by atomic mass is 10.1. The van der Waals surface area contributed by atoms with Gasteiger partial charge in [-0.05, 0) is 19.1 Å². The molecule has 1 aromatic carbocycles. The van der Waals surface area contributed by atoms with Gasteiger partial charge in [0.05, 0.1) is 21.3 Å². The Morgan fingerprint density at radius 1 is 1.17 bits per heavy atom. The third kappa shape index (κ3) is 2.91. The van der Waals surface area contributed by atoms with E-state index in [9.17, 15) is 4.79 Å². The van der Waals surface area contributed by atoms with Gasteiger partial charge in [0.2, 0.25) is 5.75 Å². The van der Waals surface area contributed by atoms with Crippen molar-refractivity contribution in [2.45, 2.75) is 6.92 Å². The number of carbonyl (C=O) groups excluding carboxylic acids is 1. The van der Waals surface area contributed by atoms with Crippen molar-refractivity contribution in [1.82, 2.24) is 5.43 Å². The van der Waals surface area contributed by atoms with Gasteiger partial charge in [-0.25, -0.2) is 5.43 Å². The number of rotatable bonds is 5. The molecule has 0 aliphatic heterocycles. The SMILES string of the molecule is C/C=N/NC(=O)c1cc(OC)c(OC)c(OC)c1. The van der Waals surface area contributed by atoms with Crippen LogP contribution < -0.4 is 19.6 Å². The Morgan fingerprint density at radius 3 is 2.11 bits per heavy atom. The van der Waals surface area contributed by atoms with E-state index in [-0.39, 0.29) is 5.91 Å². The molecule has 1 N–H and O–H groups in total. The Morgan fingerprint density at radius 2 is 1.72 bits per heavy atom. The van der Waals surface area contributed by atoms with E-state index in [4.69, 9.17) is 14.2 Å². The number of hydrazone groups is 1. The monoisotopic (exact) mass is 252 g/mol. The maximum atomic E-state index is 11.8. The highest BCUT2D eigenvalue weighted by molar-refractivity contribution is 5.95. The Kier molecular flexibility index (Phi) is 4.98. The van der Waals surface area contributed by atoms with E-state index in [1.54, 1.807) is 19.1 Å². The van der Waals surface area contributed by atoms with Gasteiger partial charge in [-0.2, -0.15) is 5.10 Å². The Bertz CT molecular complexity index is 432. The van der Waals surface area contributed by atoms with Crippen molar-refractivity contribution in [2.24, 2.45) is 5.10 Å². The molecule has 0 aliphatic carbocycles. The molecule has 1 aromatic rings. The van der Waals surface area contributed by atoms with E-state index in [0.29, 0.717) is 22.8 Å². The van der Waals surface area contributed by atoms with Crippen LogP contribution in [-0.4, -0.2) is 33.5 Å². The molecular formula is C12H16N2O4. The zero-order valence-corrected chi connectivity index (χ0v) is 10.8. The van der Waals surface area contributed by atoms with Crippen LogP contribution in [0.25, 0.3) is 0 Å². The average molecular weight is 252 g/mol. The predicted molar refractivity (Wildman–Crippen MR) is 67.7 cm³/mol. The first kappa shape index (κ1) is 13.8. The topological polar surface area (TPSA) is 69.2 Å². The number of hydrogen-bond donors (Lipinski definition) is 1. The minimum absolute atomic E-state index is 0.354. The fourth-order valence-corrected chi connectivity index (χ4v) is 1.40. The van der Waals surface area contributed by atoms with Gasteiger partial charge in [-0.3, -0.25) is 4.79 Å². The zero-order chi connectivity index (χ0) is 13.5. The summed E-state index contributed by atoms with van der Waals surface area (Å²) in [7, 11) is 4.48. The molecular weight excluding hydrogens is 236 g/mol. The number of ether oxygens (including phenoxy) is 3. The molecule has 0 bridgehead atoms. The highest BCUT2D eigenvalue weighted by atomic mass is 16.5. The fraction of sp³-hybridized carbons (Fsp3) is 0.333. The molecule has 0 aliphatic rings. The number of nitrogens with one attached hydrogen (secondary N) is 1. The summed E-state index contributed by atoms with van der Waals surface area (Å²) in [6.45, 7) is 1.70. The number of hydrogen-bond acceptors (Lipinski definition) is 5. The van der Waals surface area contributed by atoms with Crippen LogP contribution in [0.4, 0.5) is 0 Å². The van der Waals surface area contributed by atoms with Crippen LogP contribution in [0.3, 0.4) is 0 Å². The van der Waals surface area contributed by atoms with Crippen LogP contribution in [-0.2, 0) is 0 Å². The van der Waals surface area contributed by atoms with E-state index in [1.807, 2.05) is 0 Å². The number of nitrogens with zero attached hydrogens (tertiary/aromatic N) is 1. The van der Waals surface area contributed by atoms with Gasteiger partial charge in [-0.15, -0.1) is 0 Å². The molecule has 0 aromatic heterocycles. The van der Waals surface area contributed by atoms with E-state index in [1.165, 1.54) is 27.5 Å². The van der Waals surface area contributed by atoms with Gasteiger partial charge < -0.3 is 14.2 Å². The van der Waals surface area contributed by atoms with E-state index < -0.39 is 0 Å². The van der Waals surface area contributed by atoms with Crippen LogP contribution in [0.1, 0.15) is 17.3 Å². The summed E-state index contributed by atoms with van der Waals surface area (Å²) in [5.41, 5.74) is 2.74. The molecule has 6 nitrogen and oxygen atoms in total. The maximum absolute atomic E-state index is 11.8. The largest absolute Gasteiger partial charge is 0.493 e. The molecule has 0 fully saturated rings. The highest BCUT2D eigenvalue weighted by Gasteiger charge is 2.16. The van der Waals surface area contributed by atoms with Crippen molar-refractivity contribution in [3.05, 3.63) is 17.7 Å². The van der Waals surface area contributed by atoms with Crippen LogP contribution >= 0.6 is 0 Å². The van der Waals surface area contributed by atoms with Gasteiger partial charge in [0, 0.05) is 11.8 Å².